The second-order valence-corrected chi connectivity index (χ2v) is 4.36. The van der Waals surface area contributed by atoms with Crippen LogP contribution in [0.1, 0.15) is 6.23 Å². The number of aliphatic hydroxyl groups excluding tert-OH is 2. The Bertz CT molecular complexity index is 742. The quantitative estimate of drug-likeness (QED) is 0.273. The number of ether oxygens (including phenoxy) is 1. The molecule has 0 saturated carbocycles. The zero-order valence-electron chi connectivity index (χ0n) is 10.6. The van der Waals surface area contributed by atoms with E-state index in [1.165, 1.54) is 0 Å². The largest absolute Gasteiger partial charge is 0.393 e. The number of terminal acetylenes is 1. The van der Waals surface area contributed by atoms with Gasteiger partial charge < -0.3 is 14.9 Å². The Hall–Kier alpha value is -2.57. The predicted molar refractivity (Wildman–Crippen MR) is 68.7 cm³/mol. The van der Waals surface area contributed by atoms with Gasteiger partial charge in [-0.3, -0.25) is 14.3 Å². The molecule has 0 spiro atoms. The normalized spacial score (nSPS) is 31.4. The Morgan fingerprint density at radius 1 is 1.67 bits per heavy atom. The van der Waals surface area contributed by atoms with Gasteiger partial charge in [0.25, 0.3) is 5.56 Å². The molecule has 0 amide bonds. The number of azide groups is 1. The molecular weight excluding hydrogens is 282 g/mol. The summed E-state index contributed by atoms with van der Waals surface area (Å²) in [5, 5.41) is 22.7. The van der Waals surface area contributed by atoms with Crippen LogP contribution in [-0.2, 0) is 4.74 Å². The van der Waals surface area contributed by atoms with E-state index in [4.69, 9.17) is 16.7 Å². The number of nitrogens with one attached hydrogen (secondary N) is 1. The molecule has 0 unspecified atom stereocenters. The molecule has 1 saturated heterocycles. The van der Waals surface area contributed by atoms with Gasteiger partial charge in [0.2, 0.25) is 0 Å². The zero-order chi connectivity index (χ0) is 15.6. The lowest BCUT2D eigenvalue weighted by Crippen LogP contribution is -2.42. The standard InChI is InChI=1S/C11H11N5O5/c1-2-6-8(19)11(5-17,14-15-12)21-9(6)16-4-3-7(18)13-10(16)20/h1,3-4,6,8-9,17,19H,5H2,(H,13,18,20)/t6-,8-,9+,11+/m0/s1. The second kappa shape index (κ2) is 5.43. The van der Waals surface area contributed by atoms with Crippen molar-refractivity contribution in [2.75, 3.05) is 6.61 Å². The molecule has 0 radical (unpaired) electrons. The third-order valence-electron chi connectivity index (χ3n) is 3.19. The van der Waals surface area contributed by atoms with Crippen molar-refractivity contribution >= 4 is 0 Å². The van der Waals surface area contributed by atoms with Gasteiger partial charge in [0.05, 0.1) is 12.5 Å². The van der Waals surface area contributed by atoms with Gasteiger partial charge >= 0.3 is 5.69 Å². The summed E-state index contributed by atoms with van der Waals surface area (Å²) in [4.78, 5) is 27.3. The SMILES string of the molecule is C#C[C@@H]1[C@H](n2ccc(=O)[nH]c2=O)O[C@@](CO)(N=[N+]=[N-])[C@H]1O. The maximum atomic E-state index is 11.8. The molecule has 3 N–H and O–H groups in total. The van der Waals surface area contributed by atoms with Crippen LogP contribution in [0.15, 0.2) is 27.0 Å². The van der Waals surface area contributed by atoms with Crippen LogP contribution in [0.5, 0.6) is 0 Å². The molecule has 0 bridgehead atoms. The van der Waals surface area contributed by atoms with Crippen LogP contribution in [0.3, 0.4) is 0 Å². The van der Waals surface area contributed by atoms with E-state index in [0.717, 1.165) is 16.8 Å². The molecule has 1 aliphatic heterocycles. The van der Waals surface area contributed by atoms with Gasteiger partial charge in [0, 0.05) is 17.2 Å². The molecule has 1 fully saturated rings. The lowest BCUT2D eigenvalue weighted by molar-refractivity contribution is -0.124. The molecule has 10 nitrogen and oxygen atoms in total. The van der Waals surface area contributed by atoms with Crippen molar-refractivity contribution < 1.29 is 14.9 Å². The van der Waals surface area contributed by atoms with Crippen LogP contribution >= 0.6 is 0 Å². The molecule has 2 rings (SSSR count). The predicted octanol–water partition coefficient (Wildman–Crippen LogP) is -1.33. The smallest absolute Gasteiger partial charge is 0.330 e. The minimum absolute atomic E-state index is 0.615. The highest BCUT2D eigenvalue weighted by Crippen LogP contribution is 2.41. The lowest BCUT2D eigenvalue weighted by Gasteiger charge is -2.23. The Morgan fingerprint density at radius 3 is 2.90 bits per heavy atom. The van der Waals surface area contributed by atoms with Crippen LogP contribution in [0.4, 0.5) is 0 Å². The first kappa shape index (κ1) is 14.8. The first-order valence-electron chi connectivity index (χ1n) is 5.79. The summed E-state index contributed by atoms with van der Waals surface area (Å²) in [6, 6.07) is 1.07. The van der Waals surface area contributed by atoms with Gasteiger partial charge in [0.1, 0.15) is 6.10 Å². The summed E-state index contributed by atoms with van der Waals surface area (Å²) in [5.41, 5.74) is 5.12. The average molecular weight is 293 g/mol. The van der Waals surface area contributed by atoms with E-state index in [2.05, 4.69) is 15.9 Å². The minimum Gasteiger partial charge on any atom is -0.393 e. The minimum atomic E-state index is -1.99. The highest BCUT2D eigenvalue weighted by molar-refractivity contribution is 5.11. The fraction of sp³-hybridized carbons (Fsp3) is 0.455. The van der Waals surface area contributed by atoms with Crippen molar-refractivity contribution in [2.45, 2.75) is 18.1 Å². The van der Waals surface area contributed by atoms with Crippen LogP contribution in [0.2, 0.25) is 0 Å². The van der Waals surface area contributed by atoms with Gasteiger partial charge in [-0.1, -0.05) is 11.0 Å². The molecule has 1 aromatic rings. The van der Waals surface area contributed by atoms with Crippen molar-refractivity contribution in [2.24, 2.45) is 11.0 Å². The Kier molecular flexibility index (Phi) is 3.84. The van der Waals surface area contributed by atoms with Crippen LogP contribution in [0.25, 0.3) is 10.4 Å². The molecule has 4 atom stereocenters. The van der Waals surface area contributed by atoms with E-state index in [1.807, 2.05) is 4.98 Å². The lowest BCUT2D eigenvalue weighted by atomic mass is 9.97. The summed E-state index contributed by atoms with van der Waals surface area (Å²) in [7, 11) is 0. The van der Waals surface area contributed by atoms with Crippen LogP contribution in [0, 0.1) is 18.3 Å². The van der Waals surface area contributed by atoms with E-state index >= 15 is 0 Å². The van der Waals surface area contributed by atoms with Crippen molar-refractivity contribution in [3.05, 3.63) is 43.5 Å². The summed E-state index contributed by atoms with van der Waals surface area (Å²) in [5.74, 6) is 1.17. The van der Waals surface area contributed by atoms with E-state index < -0.39 is 41.8 Å². The number of aromatic amines is 1. The van der Waals surface area contributed by atoms with E-state index in [-0.39, 0.29) is 0 Å². The number of hydrogen-bond acceptors (Lipinski definition) is 6. The van der Waals surface area contributed by atoms with Gasteiger partial charge in [0.15, 0.2) is 12.0 Å². The van der Waals surface area contributed by atoms with Crippen molar-refractivity contribution in [3.8, 4) is 12.3 Å². The van der Waals surface area contributed by atoms with Gasteiger partial charge in [-0.2, -0.15) is 0 Å². The number of hydrogen-bond donors (Lipinski definition) is 3. The van der Waals surface area contributed by atoms with Gasteiger partial charge in [-0.05, 0) is 5.53 Å². The Balaban J connectivity index is 2.54. The average Bonchev–Trinajstić information content (AvgIpc) is 2.72. The first-order valence-corrected chi connectivity index (χ1v) is 5.79. The van der Waals surface area contributed by atoms with Crippen molar-refractivity contribution in [1.82, 2.24) is 9.55 Å². The van der Waals surface area contributed by atoms with Crippen molar-refractivity contribution in [3.63, 3.8) is 0 Å². The fourth-order valence-corrected chi connectivity index (χ4v) is 2.14. The third kappa shape index (κ3) is 2.31. The third-order valence-corrected chi connectivity index (χ3v) is 3.19. The fourth-order valence-electron chi connectivity index (χ4n) is 2.14. The molecule has 2 heterocycles. The molecule has 10 heteroatoms. The highest BCUT2D eigenvalue weighted by Gasteiger charge is 2.54. The number of nitrogens with zero attached hydrogens (tertiary/aromatic N) is 4. The Morgan fingerprint density at radius 2 is 2.38 bits per heavy atom. The molecule has 21 heavy (non-hydrogen) atoms. The first-order chi connectivity index (χ1) is 9.99. The molecule has 110 valence electrons. The van der Waals surface area contributed by atoms with Gasteiger partial charge in [-0.25, -0.2) is 4.79 Å². The van der Waals surface area contributed by atoms with E-state index in [1.54, 1.807) is 0 Å². The number of rotatable bonds is 3. The van der Waals surface area contributed by atoms with Crippen LogP contribution < -0.4 is 11.2 Å². The van der Waals surface area contributed by atoms with Crippen molar-refractivity contribution in [1.29, 1.82) is 0 Å². The second-order valence-electron chi connectivity index (χ2n) is 4.36. The summed E-state index contributed by atoms with van der Waals surface area (Å²) in [6.45, 7) is -0.828. The molecule has 0 aromatic carbocycles. The maximum absolute atomic E-state index is 11.8. The molecule has 0 aliphatic carbocycles. The Labute approximate surface area is 117 Å². The summed E-state index contributed by atoms with van der Waals surface area (Å²) < 4.78 is 6.28. The topological polar surface area (TPSA) is 153 Å². The molecular formula is C11H11N5O5. The molecule has 1 aromatic heterocycles. The summed E-state index contributed by atoms with van der Waals surface area (Å²) >= 11 is 0. The highest BCUT2D eigenvalue weighted by atomic mass is 16.6. The number of aromatic nitrogens is 2. The van der Waals surface area contributed by atoms with E-state index in [9.17, 15) is 19.8 Å². The molecule has 1 aliphatic rings. The van der Waals surface area contributed by atoms with Gasteiger partial charge in [-0.15, -0.1) is 6.42 Å². The zero-order valence-corrected chi connectivity index (χ0v) is 10.6. The maximum Gasteiger partial charge on any atom is 0.330 e. The number of aliphatic hydroxyl groups is 2. The summed E-state index contributed by atoms with van der Waals surface area (Å²) in [6.07, 6.45) is 3.72. The monoisotopic (exact) mass is 293 g/mol. The van der Waals surface area contributed by atoms with E-state index in [0.29, 0.717) is 0 Å². The van der Waals surface area contributed by atoms with Crippen LogP contribution in [-0.4, -0.2) is 38.2 Å². The number of H-pyrrole nitrogens is 1.